The lowest BCUT2D eigenvalue weighted by Crippen LogP contribution is -2.47. The first kappa shape index (κ1) is 20.7. The lowest BCUT2D eigenvalue weighted by atomic mass is 10.2. The number of hydrogen-bond acceptors (Lipinski definition) is 5. The number of piperazine rings is 1. The smallest absolute Gasteiger partial charge is 0.286 e. The second kappa shape index (κ2) is 9.96. The van der Waals surface area contributed by atoms with Gasteiger partial charge in [0.05, 0.1) is 11.5 Å². The molecular weight excluding hydrogens is 394 g/mol. The molecule has 0 radical (unpaired) electrons. The largest absolute Gasteiger partial charge is 0.494 e. The van der Waals surface area contributed by atoms with Crippen molar-refractivity contribution in [2.75, 3.05) is 32.8 Å². The van der Waals surface area contributed by atoms with E-state index < -0.39 is 0 Å². The summed E-state index contributed by atoms with van der Waals surface area (Å²) in [4.78, 5) is 22.1. The molecule has 0 bridgehead atoms. The average molecular weight is 422 g/mol. The first-order valence-electron chi connectivity index (χ1n) is 10.5. The number of thioether (sulfide) groups is 1. The number of aliphatic imine (C=N–C) groups is 1. The van der Waals surface area contributed by atoms with Crippen LogP contribution in [-0.4, -0.2) is 53.7 Å². The third-order valence-corrected chi connectivity index (χ3v) is 6.20. The predicted octanol–water partition coefficient (Wildman–Crippen LogP) is 4.26. The molecule has 30 heavy (non-hydrogen) atoms. The molecule has 1 fully saturated rings. The number of benzene rings is 2. The van der Waals surface area contributed by atoms with Gasteiger partial charge in [-0.05, 0) is 47.5 Å². The van der Waals surface area contributed by atoms with Crippen molar-refractivity contribution in [3.8, 4) is 5.75 Å². The minimum atomic E-state index is -0.145. The van der Waals surface area contributed by atoms with Crippen LogP contribution in [0, 0.1) is 0 Å². The van der Waals surface area contributed by atoms with Crippen LogP contribution in [0.25, 0.3) is 6.08 Å². The Morgan fingerprint density at radius 2 is 1.77 bits per heavy atom. The maximum absolute atomic E-state index is 12.4. The number of ether oxygens (including phenoxy) is 1. The van der Waals surface area contributed by atoms with Gasteiger partial charge in [0.25, 0.3) is 5.91 Å². The molecule has 0 atom stereocenters. The van der Waals surface area contributed by atoms with Crippen LogP contribution in [0.3, 0.4) is 0 Å². The number of rotatable bonds is 6. The van der Waals surface area contributed by atoms with Crippen molar-refractivity contribution in [1.82, 2.24) is 9.80 Å². The summed E-state index contributed by atoms with van der Waals surface area (Å²) in [5.41, 5.74) is 2.32. The minimum absolute atomic E-state index is 0.145. The molecule has 2 aromatic rings. The number of hydrogen-bond donors (Lipinski definition) is 0. The van der Waals surface area contributed by atoms with Gasteiger partial charge in [0.1, 0.15) is 5.75 Å². The fourth-order valence-corrected chi connectivity index (χ4v) is 4.47. The molecule has 2 aromatic carbocycles. The summed E-state index contributed by atoms with van der Waals surface area (Å²) in [6.45, 7) is 7.50. The zero-order valence-electron chi connectivity index (χ0n) is 17.3. The lowest BCUT2D eigenvalue weighted by molar-refractivity contribution is -0.113. The van der Waals surface area contributed by atoms with E-state index in [1.807, 2.05) is 36.4 Å². The zero-order chi connectivity index (χ0) is 20.8. The monoisotopic (exact) mass is 421 g/mol. The van der Waals surface area contributed by atoms with Crippen LogP contribution < -0.4 is 4.74 Å². The number of carbonyl (C=O) groups is 1. The van der Waals surface area contributed by atoms with E-state index in [2.05, 4.69) is 46.0 Å². The Hall–Kier alpha value is -2.57. The molecule has 0 N–H and O–H groups in total. The molecule has 1 amide bonds. The fraction of sp³-hybridized carbons (Fsp3) is 0.333. The van der Waals surface area contributed by atoms with Crippen molar-refractivity contribution in [3.05, 3.63) is 70.6 Å². The Balaban J connectivity index is 1.31. The number of amides is 1. The van der Waals surface area contributed by atoms with E-state index in [9.17, 15) is 4.79 Å². The normalized spacial score (nSPS) is 18.7. The fourth-order valence-electron chi connectivity index (χ4n) is 3.50. The van der Waals surface area contributed by atoms with Gasteiger partial charge in [-0.3, -0.25) is 9.69 Å². The third-order valence-electron chi connectivity index (χ3n) is 5.15. The standard InChI is InChI=1S/C24H27N3O2S/c1-2-16-29-21-10-8-19(9-11-21)17-22-23(28)25-24(30-22)27-14-12-26(13-15-27)18-20-6-4-3-5-7-20/h3-11,17H,2,12-16,18H2,1H3/b22-17-. The number of amidine groups is 1. The Morgan fingerprint density at radius 3 is 2.47 bits per heavy atom. The van der Waals surface area contributed by atoms with Crippen molar-refractivity contribution < 1.29 is 9.53 Å². The van der Waals surface area contributed by atoms with Crippen LogP contribution >= 0.6 is 11.8 Å². The van der Waals surface area contributed by atoms with Crippen LogP contribution in [0.2, 0.25) is 0 Å². The van der Waals surface area contributed by atoms with E-state index in [4.69, 9.17) is 4.74 Å². The summed E-state index contributed by atoms with van der Waals surface area (Å²) in [6, 6.07) is 18.4. The lowest BCUT2D eigenvalue weighted by Gasteiger charge is -2.35. The molecule has 0 unspecified atom stereocenters. The Bertz CT molecular complexity index is 917. The van der Waals surface area contributed by atoms with Gasteiger partial charge in [-0.2, -0.15) is 4.99 Å². The molecule has 0 aliphatic carbocycles. The van der Waals surface area contributed by atoms with Crippen molar-refractivity contribution in [3.63, 3.8) is 0 Å². The van der Waals surface area contributed by atoms with Crippen molar-refractivity contribution in [1.29, 1.82) is 0 Å². The minimum Gasteiger partial charge on any atom is -0.494 e. The maximum Gasteiger partial charge on any atom is 0.286 e. The highest BCUT2D eigenvalue weighted by atomic mass is 32.2. The van der Waals surface area contributed by atoms with Gasteiger partial charge < -0.3 is 9.64 Å². The molecule has 4 rings (SSSR count). The third kappa shape index (κ3) is 5.32. The molecule has 2 heterocycles. The topological polar surface area (TPSA) is 45.1 Å². The summed E-state index contributed by atoms with van der Waals surface area (Å²) >= 11 is 1.48. The van der Waals surface area contributed by atoms with E-state index in [1.165, 1.54) is 17.3 Å². The molecule has 6 heteroatoms. The van der Waals surface area contributed by atoms with Crippen molar-refractivity contribution in [2.45, 2.75) is 19.9 Å². The zero-order valence-corrected chi connectivity index (χ0v) is 18.1. The van der Waals surface area contributed by atoms with E-state index in [0.29, 0.717) is 11.5 Å². The summed E-state index contributed by atoms with van der Waals surface area (Å²) in [5.74, 6) is 0.711. The van der Waals surface area contributed by atoms with Crippen molar-refractivity contribution >= 4 is 28.9 Å². The highest BCUT2D eigenvalue weighted by Gasteiger charge is 2.28. The molecule has 0 spiro atoms. The molecule has 1 saturated heterocycles. The molecule has 5 nitrogen and oxygen atoms in total. The summed E-state index contributed by atoms with van der Waals surface area (Å²) in [6.07, 6.45) is 2.90. The molecule has 156 valence electrons. The Morgan fingerprint density at radius 1 is 1.03 bits per heavy atom. The van der Waals surface area contributed by atoms with E-state index in [0.717, 1.165) is 55.6 Å². The summed E-state index contributed by atoms with van der Waals surface area (Å²) < 4.78 is 5.62. The van der Waals surface area contributed by atoms with E-state index in [-0.39, 0.29) is 5.91 Å². The number of carbonyl (C=O) groups excluding carboxylic acids is 1. The van der Waals surface area contributed by atoms with Gasteiger partial charge in [0.2, 0.25) is 0 Å². The van der Waals surface area contributed by atoms with Gasteiger partial charge >= 0.3 is 0 Å². The van der Waals surface area contributed by atoms with Gasteiger partial charge in [-0.15, -0.1) is 0 Å². The molecule has 0 saturated carbocycles. The van der Waals surface area contributed by atoms with Crippen LogP contribution in [0.15, 0.2) is 64.5 Å². The summed E-state index contributed by atoms with van der Waals surface area (Å²) in [5, 5.41) is 0.827. The molecule has 2 aliphatic heterocycles. The summed E-state index contributed by atoms with van der Waals surface area (Å²) in [7, 11) is 0. The van der Waals surface area contributed by atoms with Gasteiger partial charge in [-0.1, -0.05) is 49.4 Å². The molecular formula is C24H27N3O2S. The van der Waals surface area contributed by atoms with Crippen LogP contribution in [0.5, 0.6) is 5.75 Å². The predicted molar refractivity (Wildman–Crippen MR) is 124 cm³/mol. The number of nitrogens with zero attached hydrogens (tertiary/aromatic N) is 3. The second-order valence-corrected chi connectivity index (χ2v) is 8.49. The van der Waals surface area contributed by atoms with Crippen LogP contribution in [-0.2, 0) is 11.3 Å². The van der Waals surface area contributed by atoms with E-state index in [1.54, 1.807) is 0 Å². The quantitative estimate of drug-likeness (QED) is 0.652. The van der Waals surface area contributed by atoms with Gasteiger partial charge in [-0.25, -0.2) is 0 Å². The first-order valence-corrected chi connectivity index (χ1v) is 11.3. The van der Waals surface area contributed by atoms with Crippen molar-refractivity contribution in [2.24, 2.45) is 4.99 Å². The molecule has 0 aromatic heterocycles. The Labute approximate surface area is 182 Å². The first-order chi connectivity index (χ1) is 14.7. The average Bonchev–Trinajstić information content (AvgIpc) is 3.14. The highest BCUT2D eigenvalue weighted by molar-refractivity contribution is 8.18. The van der Waals surface area contributed by atoms with Crippen LogP contribution in [0.4, 0.5) is 0 Å². The van der Waals surface area contributed by atoms with E-state index >= 15 is 0 Å². The van der Waals surface area contributed by atoms with Crippen LogP contribution in [0.1, 0.15) is 24.5 Å². The maximum atomic E-state index is 12.4. The highest BCUT2D eigenvalue weighted by Crippen LogP contribution is 2.31. The van der Waals surface area contributed by atoms with Gasteiger partial charge in [0, 0.05) is 32.7 Å². The SMILES string of the molecule is CCCOc1ccc(/C=C2\SC(N3CCN(Cc4ccccc4)CC3)=NC2=O)cc1. The second-order valence-electron chi connectivity index (χ2n) is 7.48. The Kier molecular flexibility index (Phi) is 6.87. The van der Waals surface area contributed by atoms with Gasteiger partial charge in [0.15, 0.2) is 5.17 Å². The molecule has 2 aliphatic rings.